The second kappa shape index (κ2) is 17.2. The molecule has 0 aliphatic rings. The standard InChI is InChI=1S/C19H40N2O6/c1-2-3-4-5-6-7-8-9-10-11-12-20-19(27)21-13-15(23)17(25)18(26)16(24)14-22/h15-18,22-26H,2-14H2,1H3,(H2,20,21,27)/t15-,16+,17+,18+/m0/s1. The monoisotopic (exact) mass is 392 g/mol. The molecular weight excluding hydrogens is 352 g/mol. The number of urea groups is 1. The lowest BCUT2D eigenvalue weighted by atomic mass is 10.0. The Morgan fingerprint density at radius 2 is 1.22 bits per heavy atom. The van der Waals surface area contributed by atoms with Crippen LogP contribution in [0.25, 0.3) is 0 Å². The minimum absolute atomic E-state index is 0.278. The number of nitrogens with one attached hydrogen (secondary N) is 2. The van der Waals surface area contributed by atoms with Gasteiger partial charge < -0.3 is 36.2 Å². The van der Waals surface area contributed by atoms with Gasteiger partial charge in [-0.15, -0.1) is 0 Å². The van der Waals surface area contributed by atoms with Crippen LogP contribution in [0.2, 0.25) is 0 Å². The summed E-state index contributed by atoms with van der Waals surface area (Å²) >= 11 is 0. The molecule has 0 aromatic carbocycles. The Bertz CT molecular complexity index is 359. The van der Waals surface area contributed by atoms with E-state index in [4.69, 9.17) is 5.11 Å². The van der Waals surface area contributed by atoms with Gasteiger partial charge in [-0.2, -0.15) is 0 Å². The number of unbranched alkanes of at least 4 members (excludes halogenated alkanes) is 9. The van der Waals surface area contributed by atoms with E-state index in [1.165, 1.54) is 44.9 Å². The lowest BCUT2D eigenvalue weighted by molar-refractivity contribution is -0.113. The van der Waals surface area contributed by atoms with Crippen LogP contribution in [0.3, 0.4) is 0 Å². The smallest absolute Gasteiger partial charge is 0.314 e. The predicted molar refractivity (Wildman–Crippen MR) is 104 cm³/mol. The summed E-state index contributed by atoms with van der Waals surface area (Å²) in [7, 11) is 0. The third kappa shape index (κ3) is 13.8. The second-order valence-corrected chi connectivity index (χ2v) is 7.12. The summed E-state index contributed by atoms with van der Waals surface area (Å²) in [5.74, 6) is 0. The average Bonchev–Trinajstić information content (AvgIpc) is 2.68. The zero-order valence-electron chi connectivity index (χ0n) is 16.6. The molecule has 0 saturated carbocycles. The number of carbonyl (C=O) groups is 1. The minimum Gasteiger partial charge on any atom is -0.394 e. The van der Waals surface area contributed by atoms with E-state index in [9.17, 15) is 25.2 Å². The molecule has 0 aromatic rings. The van der Waals surface area contributed by atoms with Crippen LogP contribution in [0, 0.1) is 0 Å². The molecule has 2 amide bonds. The van der Waals surface area contributed by atoms with Crippen LogP contribution in [0.15, 0.2) is 0 Å². The maximum Gasteiger partial charge on any atom is 0.314 e. The third-order valence-electron chi connectivity index (χ3n) is 4.61. The molecule has 0 aliphatic carbocycles. The Kier molecular flexibility index (Phi) is 16.6. The molecule has 0 radical (unpaired) electrons. The zero-order chi connectivity index (χ0) is 20.5. The van der Waals surface area contributed by atoms with Gasteiger partial charge in [0, 0.05) is 13.1 Å². The Labute approximate surface area is 163 Å². The van der Waals surface area contributed by atoms with Crippen molar-refractivity contribution in [3.8, 4) is 0 Å². The van der Waals surface area contributed by atoms with E-state index in [1.807, 2.05) is 0 Å². The topological polar surface area (TPSA) is 142 Å². The number of hydrogen-bond donors (Lipinski definition) is 7. The largest absolute Gasteiger partial charge is 0.394 e. The lowest BCUT2D eigenvalue weighted by Gasteiger charge is -2.25. The van der Waals surface area contributed by atoms with E-state index < -0.39 is 37.1 Å². The van der Waals surface area contributed by atoms with Crippen molar-refractivity contribution >= 4 is 6.03 Å². The van der Waals surface area contributed by atoms with Gasteiger partial charge in [0.15, 0.2) is 0 Å². The molecule has 0 bridgehead atoms. The Hall–Kier alpha value is -0.930. The SMILES string of the molecule is CCCCCCCCCCCCNC(=O)NC[C@H](O)[C@@H](O)[C@H](O)[C@H](O)CO. The van der Waals surface area contributed by atoms with Crippen LogP contribution in [0.4, 0.5) is 4.79 Å². The van der Waals surface area contributed by atoms with Crippen molar-refractivity contribution in [3.05, 3.63) is 0 Å². The molecule has 162 valence electrons. The fourth-order valence-corrected chi connectivity index (χ4v) is 2.76. The normalized spacial score (nSPS) is 15.8. The van der Waals surface area contributed by atoms with E-state index in [2.05, 4.69) is 17.6 Å². The molecule has 0 aromatic heterocycles. The molecule has 8 heteroatoms. The summed E-state index contributed by atoms with van der Waals surface area (Å²) in [5.41, 5.74) is 0. The number of carbonyl (C=O) groups excluding carboxylic acids is 1. The molecule has 27 heavy (non-hydrogen) atoms. The van der Waals surface area contributed by atoms with Crippen molar-refractivity contribution in [3.63, 3.8) is 0 Å². The maximum absolute atomic E-state index is 11.6. The second-order valence-electron chi connectivity index (χ2n) is 7.12. The van der Waals surface area contributed by atoms with Gasteiger partial charge in [-0.1, -0.05) is 64.7 Å². The Balaban J connectivity index is 3.58. The summed E-state index contributed by atoms with van der Waals surface area (Å²) in [6.07, 6.45) is 5.79. The van der Waals surface area contributed by atoms with Crippen molar-refractivity contribution in [2.75, 3.05) is 19.7 Å². The van der Waals surface area contributed by atoms with Gasteiger partial charge in [0.25, 0.3) is 0 Å². The highest BCUT2D eigenvalue weighted by molar-refractivity contribution is 5.73. The molecule has 0 saturated heterocycles. The van der Waals surface area contributed by atoms with Gasteiger partial charge in [0.1, 0.15) is 18.3 Å². The van der Waals surface area contributed by atoms with Gasteiger partial charge in [0.05, 0.1) is 12.7 Å². The van der Waals surface area contributed by atoms with E-state index in [0.717, 1.165) is 19.3 Å². The molecular formula is C19H40N2O6. The molecule has 4 atom stereocenters. The van der Waals surface area contributed by atoms with E-state index >= 15 is 0 Å². The first-order valence-corrected chi connectivity index (χ1v) is 10.3. The van der Waals surface area contributed by atoms with Crippen LogP contribution in [-0.4, -0.2) is 75.7 Å². The van der Waals surface area contributed by atoms with Crippen molar-refractivity contribution in [1.29, 1.82) is 0 Å². The lowest BCUT2D eigenvalue weighted by Crippen LogP contribution is -2.50. The maximum atomic E-state index is 11.6. The van der Waals surface area contributed by atoms with Crippen molar-refractivity contribution in [1.82, 2.24) is 10.6 Å². The average molecular weight is 393 g/mol. The molecule has 0 unspecified atom stereocenters. The van der Waals surface area contributed by atoms with Gasteiger partial charge in [-0.05, 0) is 6.42 Å². The molecule has 0 spiro atoms. The molecule has 0 aliphatic heterocycles. The van der Waals surface area contributed by atoms with Crippen molar-refractivity contribution in [2.24, 2.45) is 0 Å². The number of hydrogen-bond acceptors (Lipinski definition) is 6. The Morgan fingerprint density at radius 1 is 0.741 bits per heavy atom. The fourth-order valence-electron chi connectivity index (χ4n) is 2.76. The summed E-state index contributed by atoms with van der Waals surface area (Å²) < 4.78 is 0. The van der Waals surface area contributed by atoms with Crippen LogP contribution in [0.1, 0.15) is 71.1 Å². The first-order chi connectivity index (χ1) is 12.9. The van der Waals surface area contributed by atoms with Crippen molar-refractivity contribution in [2.45, 2.75) is 95.5 Å². The third-order valence-corrected chi connectivity index (χ3v) is 4.61. The summed E-state index contributed by atoms with van der Waals surface area (Å²) in [6, 6.07) is -0.464. The minimum atomic E-state index is -1.69. The molecule has 0 rings (SSSR count). The van der Waals surface area contributed by atoms with E-state index in [1.54, 1.807) is 0 Å². The molecule has 7 N–H and O–H groups in total. The first-order valence-electron chi connectivity index (χ1n) is 10.3. The predicted octanol–water partition coefficient (Wildman–Crippen LogP) is 0.642. The first kappa shape index (κ1) is 26.1. The fraction of sp³-hybridized carbons (Fsp3) is 0.947. The van der Waals surface area contributed by atoms with E-state index in [-0.39, 0.29) is 6.54 Å². The van der Waals surface area contributed by atoms with Gasteiger partial charge in [-0.3, -0.25) is 0 Å². The summed E-state index contributed by atoms with van der Waals surface area (Å²) in [4.78, 5) is 11.6. The van der Waals surface area contributed by atoms with Gasteiger partial charge in [0.2, 0.25) is 0 Å². The van der Waals surface area contributed by atoms with Gasteiger partial charge in [-0.25, -0.2) is 4.79 Å². The molecule has 8 nitrogen and oxygen atoms in total. The quantitative estimate of drug-likeness (QED) is 0.181. The van der Waals surface area contributed by atoms with E-state index in [0.29, 0.717) is 6.54 Å². The summed E-state index contributed by atoms with van der Waals surface area (Å²) in [6.45, 7) is 1.74. The molecule has 0 fully saturated rings. The number of amides is 2. The highest BCUT2D eigenvalue weighted by Crippen LogP contribution is 2.10. The van der Waals surface area contributed by atoms with Crippen LogP contribution >= 0.6 is 0 Å². The molecule has 0 heterocycles. The number of rotatable bonds is 17. The van der Waals surface area contributed by atoms with Crippen LogP contribution < -0.4 is 10.6 Å². The van der Waals surface area contributed by atoms with Crippen LogP contribution in [0.5, 0.6) is 0 Å². The Morgan fingerprint density at radius 3 is 1.74 bits per heavy atom. The van der Waals surface area contributed by atoms with Gasteiger partial charge >= 0.3 is 6.03 Å². The summed E-state index contributed by atoms with van der Waals surface area (Å²) in [5, 5.41) is 51.8. The van der Waals surface area contributed by atoms with Crippen molar-refractivity contribution < 1.29 is 30.3 Å². The zero-order valence-corrected chi connectivity index (χ0v) is 16.6. The highest BCUT2D eigenvalue weighted by atomic mass is 16.4. The van der Waals surface area contributed by atoms with Crippen LogP contribution in [-0.2, 0) is 0 Å². The highest BCUT2D eigenvalue weighted by Gasteiger charge is 2.30. The number of aliphatic hydroxyl groups is 5. The number of aliphatic hydroxyl groups excluding tert-OH is 5.